The Balaban J connectivity index is 1.53. The predicted molar refractivity (Wildman–Crippen MR) is 93.9 cm³/mol. The quantitative estimate of drug-likeness (QED) is 0.646. The van der Waals surface area contributed by atoms with Crippen molar-refractivity contribution in [3.63, 3.8) is 0 Å². The molecule has 1 amide bonds. The molecule has 0 saturated heterocycles. The van der Waals surface area contributed by atoms with Gasteiger partial charge in [-0.25, -0.2) is 5.43 Å². The first-order chi connectivity index (χ1) is 11.6. The molecule has 4 heteroatoms. The van der Waals surface area contributed by atoms with Gasteiger partial charge in [-0.15, -0.1) is 0 Å². The second kappa shape index (κ2) is 5.91. The summed E-state index contributed by atoms with van der Waals surface area (Å²) in [7, 11) is 0. The van der Waals surface area contributed by atoms with Crippen molar-refractivity contribution in [2.45, 2.75) is 51.9 Å². The van der Waals surface area contributed by atoms with Crippen LogP contribution in [0.25, 0.3) is 0 Å². The topological polar surface area (TPSA) is 61.7 Å². The van der Waals surface area contributed by atoms with Crippen LogP contribution in [0.2, 0.25) is 0 Å². The Kier molecular flexibility index (Phi) is 3.86. The summed E-state index contributed by atoms with van der Waals surface area (Å²) < 4.78 is 0. The Morgan fingerprint density at radius 3 is 2.38 bits per heavy atom. The van der Waals surface area contributed by atoms with E-state index in [1.165, 1.54) is 50.3 Å². The molecule has 0 atom stereocenters. The van der Waals surface area contributed by atoms with Gasteiger partial charge in [-0.1, -0.05) is 13.0 Å². The molecule has 1 aromatic rings. The summed E-state index contributed by atoms with van der Waals surface area (Å²) in [5.74, 6) is 2.46. The molecule has 0 unspecified atom stereocenters. The third-order valence-corrected chi connectivity index (χ3v) is 6.39. The molecule has 4 aliphatic carbocycles. The van der Waals surface area contributed by atoms with Crippen molar-refractivity contribution < 1.29 is 9.90 Å². The summed E-state index contributed by atoms with van der Waals surface area (Å²) >= 11 is 0. The summed E-state index contributed by atoms with van der Waals surface area (Å²) in [6, 6.07) is 6.41. The van der Waals surface area contributed by atoms with E-state index in [0.29, 0.717) is 5.56 Å². The van der Waals surface area contributed by atoms with Crippen LogP contribution in [-0.4, -0.2) is 16.7 Å². The molecule has 4 fully saturated rings. The molecule has 4 aliphatic rings. The number of hydrogen-bond donors (Lipinski definition) is 2. The molecular formula is C20H26N2O2. The van der Waals surface area contributed by atoms with Crippen molar-refractivity contribution >= 4 is 11.6 Å². The van der Waals surface area contributed by atoms with Crippen LogP contribution in [0.15, 0.2) is 29.4 Å². The van der Waals surface area contributed by atoms with Gasteiger partial charge < -0.3 is 5.11 Å². The molecule has 0 aromatic heterocycles. The van der Waals surface area contributed by atoms with Crippen molar-refractivity contribution in [2.24, 2.45) is 28.3 Å². The van der Waals surface area contributed by atoms with Gasteiger partial charge in [0.25, 0.3) is 5.91 Å². The van der Waals surface area contributed by atoms with Crippen LogP contribution in [0.5, 0.6) is 5.75 Å². The SMILES string of the molecule is CCC(=NNC(=O)c1cccc(O)c1)C12CC3CC(CC(C3)C1)C2. The van der Waals surface area contributed by atoms with E-state index in [-0.39, 0.29) is 17.1 Å². The highest BCUT2D eigenvalue weighted by atomic mass is 16.3. The van der Waals surface area contributed by atoms with Gasteiger partial charge in [0.2, 0.25) is 0 Å². The number of phenolic OH excluding ortho intramolecular Hbond substituents is 1. The van der Waals surface area contributed by atoms with Crippen LogP contribution >= 0.6 is 0 Å². The van der Waals surface area contributed by atoms with Crippen LogP contribution in [0.4, 0.5) is 0 Å². The van der Waals surface area contributed by atoms with Crippen molar-refractivity contribution in [1.29, 1.82) is 0 Å². The van der Waals surface area contributed by atoms with E-state index in [9.17, 15) is 9.90 Å². The molecule has 24 heavy (non-hydrogen) atoms. The number of carbonyl (C=O) groups excluding carboxylic acids is 1. The van der Waals surface area contributed by atoms with Crippen LogP contribution in [-0.2, 0) is 0 Å². The molecule has 0 heterocycles. The van der Waals surface area contributed by atoms with Crippen LogP contribution < -0.4 is 5.43 Å². The van der Waals surface area contributed by atoms with Gasteiger partial charge in [0.1, 0.15) is 5.75 Å². The third kappa shape index (κ3) is 2.72. The van der Waals surface area contributed by atoms with Gasteiger partial charge in [0.05, 0.1) is 0 Å². The minimum atomic E-state index is -0.249. The number of hydrazone groups is 1. The number of amides is 1. The lowest BCUT2D eigenvalue weighted by Gasteiger charge is -2.57. The second-order valence-corrected chi connectivity index (χ2v) is 8.10. The minimum Gasteiger partial charge on any atom is -0.508 e. The predicted octanol–water partition coefficient (Wildman–Crippen LogP) is 4.10. The van der Waals surface area contributed by atoms with E-state index in [4.69, 9.17) is 0 Å². The first-order valence-electron chi connectivity index (χ1n) is 9.24. The number of carbonyl (C=O) groups is 1. The lowest BCUT2D eigenvalue weighted by molar-refractivity contribution is -0.0134. The molecule has 4 nitrogen and oxygen atoms in total. The smallest absolute Gasteiger partial charge is 0.271 e. The Hall–Kier alpha value is -1.84. The summed E-state index contributed by atoms with van der Waals surface area (Å²) in [6.45, 7) is 2.15. The number of aromatic hydroxyl groups is 1. The summed E-state index contributed by atoms with van der Waals surface area (Å²) in [5, 5.41) is 14.1. The lowest BCUT2D eigenvalue weighted by Crippen LogP contribution is -2.50. The highest BCUT2D eigenvalue weighted by Gasteiger charge is 2.52. The average molecular weight is 326 g/mol. The maximum Gasteiger partial charge on any atom is 0.271 e. The molecule has 4 saturated carbocycles. The summed E-state index contributed by atoms with van der Waals surface area (Å²) in [4.78, 5) is 12.3. The fourth-order valence-electron chi connectivity index (χ4n) is 5.87. The summed E-state index contributed by atoms with van der Waals surface area (Å²) in [6.07, 6.45) is 8.89. The van der Waals surface area contributed by atoms with Crippen molar-refractivity contribution in [1.82, 2.24) is 5.43 Å². The van der Waals surface area contributed by atoms with Gasteiger partial charge in [-0.05, 0) is 80.9 Å². The van der Waals surface area contributed by atoms with Gasteiger partial charge in [-0.3, -0.25) is 4.79 Å². The highest BCUT2D eigenvalue weighted by Crippen LogP contribution is 2.60. The third-order valence-electron chi connectivity index (χ3n) is 6.39. The van der Waals surface area contributed by atoms with E-state index >= 15 is 0 Å². The zero-order chi connectivity index (χ0) is 16.7. The van der Waals surface area contributed by atoms with Crippen molar-refractivity contribution in [3.05, 3.63) is 29.8 Å². The first kappa shape index (κ1) is 15.7. The Morgan fingerprint density at radius 1 is 1.21 bits per heavy atom. The highest BCUT2D eigenvalue weighted by molar-refractivity contribution is 5.97. The molecule has 0 spiro atoms. The van der Waals surface area contributed by atoms with Gasteiger partial charge in [-0.2, -0.15) is 5.10 Å². The van der Waals surface area contributed by atoms with E-state index < -0.39 is 0 Å². The van der Waals surface area contributed by atoms with Crippen LogP contribution in [0.1, 0.15) is 62.2 Å². The molecule has 5 rings (SSSR count). The number of hydrogen-bond acceptors (Lipinski definition) is 3. The number of nitrogens with zero attached hydrogens (tertiary/aromatic N) is 1. The van der Waals surface area contributed by atoms with Gasteiger partial charge >= 0.3 is 0 Å². The average Bonchev–Trinajstić information content (AvgIpc) is 2.53. The second-order valence-electron chi connectivity index (χ2n) is 8.10. The Morgan fingerprint density at radius 2 is 1.83 bits per heavy atom. The Labute approximate surface area is 143 Å². The fraction of sp³-hybridized carbons (Fsp3) is 0.600. The van der Waals surface area contributed by atoms with E-state index in [2.05, 4.69) is 17.5 Å². The van der Waals surface area contributed by atoms with Crippen LogP contribution in [0.3, 0.4) is 0 Å². The van der Waals surface area contributed by atoms with E-state index in [1.807, 2.05) is 0 Å². The minimum absolute atomic E-state index is 0.100. The Bertz CT molecular complexity index is 645. The van der Waals surface area contributed by atoms with E-state index in [1.54, 1.807) is 18.2 Å². The molecule has 2 N–H and O–H groups in total. The largest absolute Gasteiger partial charge is 0.508 e. The maximum absolute atomic E-state index is 12.3. The normalized spacial score (nSPS) is 34.4. The summed E-state index contributed by atoms with van der Waals surface area (Å²) in [5.41, 5.74) is 4.59. The van der Waals surface area contributed by atoms with E-state index in [0.717, 1.165) is 24.2 Å². The van der Waals surface area contributed by atoms with Crippen molar-refractivity contribution in [2.75, 3.05) is 0 Å². The molecule has 4 bridgehead atoms. The first-order valence-corrected chi connectivity index (χ1v) is 9.24. The number of benzene rings is 1. The van der Waals surface area contributed by atoms with Crippen LogP contribution in [0, 0.1) is 23.2 Å². The molecule has 0 aliphatic heterocycles. The lowest BCUT2D eigenvalue weighted by atomic mass is 9.48. The molecule has 1 aromatic carbocycles. The number of rotatable bonds is 4. The number of phenols is 1. The fourth-order valence-corrected chi connectivity index (χ4v) is 5.87. The zero-order valence-corrected chi connectivity index (χ0v) is 14.3. The molecule has 0 radical (unpaired) electrons. The van der Waals surface area contributed by atoms with Crippen molar-refractivity contribution in [3.8, 4) is 5.75 Å². The zero-order valence-electron chi connectivity index (χ0n) is 14.3. The number of nitrogens with one attached hydrogen (secondary N) is 1. The molecule has 128 valence electrons. The standard InChI is InChI=1S/C20H26N2O2/c1-2-18(21-22-19(24)16-4-3-5-17(23)9-16)20-10-13-6-14(11-20)8-15(7-13)12-20/h3-5,9,13-15,23H,2,6-8,10-12H2,1H3,(H,22,24). The monoisotopic (exact) mass is 326 g/mol. The van der Waals surface area contributed by atoms with Gasteiger partial charge in [0.15, 0.2) is 0 Å². The molecular weight excluding hydrogens is 300 g/mol. The van der Waals surface area contributed by atoms with Gasteiger partial charge in [0, 0.05) is 16.7 Å². The maximum atomic E-state index is 12.3.